The monoisotopic (exact) mass is 480 g/mol. The highest BCUT2D eigenvalue weighted by Crippen LogP contribution is 2.31. The van der Waals surface area contributed by atoms with Crippen LogP contribution in [-0.4, -0.2) is 59.8 Å². The van der Waals surface area contributed by atoms with Crippen LogP contribution < -0.4 is 4.90 Å². The van der Waals surface area contributed by atoms with Gasteiger partial charge in [0.2, 0.25) is 0 Å². The molecule has 0 spiro atoms. The van der Waals surface area contributed by atoms with Crippen molar-refractivity contribution in [2.24, 2.45) is 0 Å². The van der Waals surface area contributed by atoms with E-state index in [2.05, 4.69) is 41.8 Å². The Labute approximate surface area is 197 Å². The Kier molecular flexibility index (Phi) is 9.92. The van der Waals surface area contributed by atoms with Gasteiger partial charge in [-0.05, 0) is 54.7 Å². The highest BCUT2D eigenvalue weighted by atomic mass is 19.4. The summed E-state index contributed by atoms with van der Waals surface area (Å²) in [6.07, 6.45) is -1.000. The van der Waals surface area contributed by atoms with Crippen molar-refractivity contribution in [2.45, 2.75) is 39.3 Å². The van der Waals surface area contributed by atoms with Gasteiger partial charge in [0.1, 0.15) is 0 Å². The zero-order valence-electron chi connectivity index (χ0n) is 19.4. The summed E-state index contributed by atoms with van der Waals surface area (Å²) in [5.74, 6) is -3.65. The number of carboxylic acids is 2. The number of alkyl halides is 3. The summed E-state index contributed by atoms with van der Waals surface area (Å²) < 4.78 is 38.8. The minimum atomic E-state index is -4.29. The molecule has 1 fully saturated rings. The van der Waals surface area contributed by atoms with Crippen LogP contribution in [-0.2, 0) is 28.6 Å². The molecule has 6 nitrogen and oxygen atoms in total. The lowest BCUT2D eigenvalue weighted by Crippen LogP contribution is -2.47. The molecular weight excluding hydrogens is 449 g/mol. The van der Waals surface area contributed by atoms with E-state index in [1.165, 1.54) is 28.8 Å². The molecule has 0 unspecified atom stereocenters. The molecule has 1 saturated heterocycles. The van der Waals surface area contributed by atoms with Crippen LogP contribution in [0.1, 0.15) is 35.6 Å². The van der Waals surface area contributed by atoms with E-state index in [1.807, 2.05) is 0 Å². The summed E-state index contributed by atoms with van der Waals surface area (Å²) in [5, 5.41) is 14.8. The highest BCUT2D eigenvalue weighted by Gasteiger charge is 2.31. The summed E-state index contributed by atoms with van der Waals surface area (Å²) in [6.45, 7) is 8.64. The Morgan fingerprint density at radius 2 is 1.59 bits per heavy atom. The van der Waals surface area contributed by atoms with Crippen LogP contribution in [0.4, 0.5) is 18.9 Å². The summed E-state index contributed by atoms with van der Waals surface area (Å²) in [5.41, 5.74) is 4.26. The Hall–Kier alpha value is -3.07. The van der Waals surface area contributed by atoms with Gasteiger partial charge in [-0.2, -0.15) is 13.2 Å². The fourth-order valence-corrected chi connectivity index (χ4v) is 3.81. The number of hydrogen-bond donors (Lipinski definition) is 2. The van der Waals surface area contributed by atoms with Gasteiger partial charge < -0.3 is 15.1 Å². The number of anilines is 1. The molecule has 0 aromatic heterocycles. The number of nitrogens with zero attached hydrogens (tertiary/aromatic N) is 2. The van der Waals surface area contributed by atoms with Gasteiger partial charge in [0, 0.05) is 38.4 Å². The first-order chi connectivity index (χ1) is 16.0. The number of hydrogen-bond acceptors (Lipinski definition) is 4. The zero-order chi connectivity index (χ0) is 25.3. The summed E-state index contributed by atoms with van der Waals surface area (Å²) in [6, 6.07) is 12.4. The fraction of sp³-hybridized carbons (Fsp3) is 0.440. The minimum Gasteiger partial charge on any atom is -0.473 e. The number of carboxylic acid groups (broad SMARTS) is 2. The number of piperazine rings is 1. The van der Waals surface area contributed by atoms with E-state index in [9.17, 15) is 13.2 Å². The van der Waals surface area contributed by atoms with Crippen molar-refractivity contribution in [3.63, 3.8) is 0 Å². The molecule has 2 N–H and O–H groups in total. The smallest absolute Gasteiger partial charge is 0.416 e. The van der Waals surface area contributed by atoms with Gasteiger partial charge in [-0.25, -0.2) is 9.59 Å². The van der Waals surface area contributed by atoms with Gasteiger partial charge in [0.25, 0.3) is 0 Å². The SMILES string of the molecule is CCCc1cc(CCN2CCN(c3cccc(C(F)(F)F)c3)CC2)ccc1C.O=C(O)C(=O)O. The van der Waals surface area contributed by atoms with Crippen molar-refractivity contribution in [3.8, 4) is 0 Å². The van der Waals surface area contributed by atoms with E-state index in [1.54, 1.807) is 6.07 Å². The maximum atomic E-state index is 12.9. The largest absolute Gasteiger partial charge is 0.473 e. The molecule has 0 radical (unpaired) electrons. The van der Waals surface area contributed by atoms with Gasteiger partial charge in [0.15, 0.2) is 0 Å². The Balaban J connectivity index is 0.000000604. The second-order valence-corrected chi connectivity index (χ2v) is 8.25. The van der Waals surface area contributed by atoms with Crippen LogP contribution in [0.2, 0.25) is 0 Å². The third kappa shape index (κ3) is 8.37. The lowest BCUT2D eigenvalue weighted by atomic mass is 9.99. The van der Waals surface area contributed by atoms with E-state index < -0.39 is 23.7 Å². The van der Waals surface area contributed by atoms with Crippen LogP contribution in [0.3, 0.4) is 0 Å². The standard InChI is InChI=1S/C23H29F3N2.C2H2O4/c1-3-5-20-16-19(9-8-18(20)2)10-11-27-12-14-28(15-13-27)22-7-4-6-21(17-22)23(24,25)26;3-1(4)2(5)6/h4,6-9,16-17H,3,5,10-15H2,1-2H3;(H,3,4)(H,5,6). The van der Waals surface area contributed by atoms with Crippen LogP contribution >= 0.6 is 0 Å². The Bertz CT molecular complexity index is 959. The third-order valence-corrected chi connectivity index (χ3v) is 5.74. The molecule has 1 heterocycles. The molecule has 34 heavy (non-hydrogen) atoms. The van der Waals surface area contributed by atoms with E-state index in [4.69, 9.17) is 19.8 Å². The van der Waals surface area contributed by atoms with Crippen molar-refractivity contribution in [2.75, 3.05) is 37.6 Å². The topological polar surface area (TPSA) is 81.1 Å². The highest BCUT2D eigenvalue weighted by molar-refractivity contribution is 6.27. The Morgan fingerprint density at radius 1 is 0.941 bits per heavy atom. The van der Waals surface area contributed by atoms with Crippen LogP contribution in [0.5, 0.6) is 0 Å². The molecule has 0 bridgehead atoms. The summed E-state index contributed by atoms with van der Waals surface area (Å²) >= 11 is 0. The van der Waals surface area contributed by atoms with Crippen LogP contribution in [0.15, 0.2) is 42.5 Å². The molecule has 0 saturated carbocycles. The number of aliphatic carboxylic acids is 2. The Morgan fingerprint density at radius 3 is 2.15 bits per heavy atom. The quantitative estimate of drug-likeness (QED) is 0.593. The molecule has 1 aliphatic heterocycles. The first kappa shape index (κ1) is 27.2. The average molecular weight is 481 g/mol. The number of benzene rings is 2. The molecule has 2 aromatic rings. The van der Waals surface area contributed by atoms with Crippen molar-refractivity contribution in [1.29, 1.82) is 0 Å². The number of aryl methyl sites for hydroxylation is 2. The van der Waals surface area contributed by atoms with Crippen LogP contribution in [0.25, 0.3) is 0 Å². The number of carbonyl (C=O) groups is 2. The molecular formula is C25H31F3N2O4. The molecule has 0 atom stereocenters. The van der Waals surface area contributed by atoms with Gasteiger partial charge in [-0.3, -0.25) is 4.90 Å². The molecule has 2 aromatic carbocycles. The normalized spacial score (nSPS) is 14.3. The minimum absolute atomic E-state index is 0.574. The predicted octanol–water partition coefficient (Wildman–Crippen LogP) is 4.49. The van der Waals surface area contributed by atoms with Crippen LogP contribution in [0, 0.1) is 6.92 Å². The fourth-order valence-electron chi connectivity index (χ4n) is 3.81. The van der Waals surface area contributed by atoms with Crippen molar-refractivity contribution >= 4 is 17.6 Å². The van der Waals surface area contributed by atoms with Crippen molar-refractivity contribution < 1.29 is 33.0 Å². The van der Waals surface area contributed by atoms with E-state index in [0.29, 0.717) is 5.69 Å². The first-order valence-electron chi connectivity index (χ1n) is 11.2. The van der Waals surface area contributed by atoms with Gasteiger partial charge >= 0.3 is 18.1 Å². The van der Waals surface area contributed by atoms with Gasteiger partial charge in [0.05, 0.1) is 5.56 Å². The lowest BCUT2D eigenvalue weighted by molar-refractivity contribution is -0.159. The molecule has 0 amide bonds. The molecule has 9 heteroatoms. The molecule has 0 aliphatic carbocycles. The van der Waals surface area contributed by atoms with Crippen molar-refractivity contribution in [1.82, 2.24) is 4.90 Å². The van der Waals surface area contributed by atoms with E-state index >= 15 is 0 Å². The maximum Gasteiger partial charge on any atom is 0.416 e. The molecule has 1 aliphatic rings. The summed E-state index contributed by atoms with van der Waals surface area (Å²) in [7, 11) is 0. The van der Waals surface area contributed by atoms with Crippen molar-refractivity contribution in [3.05, 3.63) is 64.7 Å². The second-order valence-electron chi connectivity index (χ2n) is 8.25. The first-order valence-corrected chi connectivity index (χ1v) is 11.2. The van der Waals surface area contributed by atoms with E-state index in [0.717, 1.165) is 58.1 Å². The zero-order valence-corrected chi connectivity index (χ0v) is 19.4. The van der Waals surface area contributed by atoms with Gasteiger partial charge in [-0.15, -0.1) is 0 Å². The third-order valence-electron chi connectivity index (χ3n) is 5.74. The number of halogens is 3. The second kappa shape index (κ2) is 12.4. The lowest BCUT2D eigenvalue weighted by Gasteiger charge is -2.36. The maximum absolute atomic E-state index is 12.9. The predicted molar refractivity (Wildman–Crippen MR) is 124 cm³/mol. The molecule has 186 valence electrons. The van der Waals surface area contributed by atoms with E-state index in [-0.39, 0.29) is 0 Å². The van der Waals surface area contributed by atoms with Gasteiger partial charge in [-0.1, -0.05) is 37.6 Å². The average Bonchev–Trinajstić information content (AvgIpc) is 2.80. The summed E-state index contributed by atoms with van der Waals surface area (Å²) in [4.78, 5) is 22.7. The molecule has 3 rings (SSSR count). The number of rotatable bonds is 6.